The molecule has 4 nitrogen and oxygen atoms in total. The van der Waals surface area contributed by atoms with Gasteiger partial charge in [0.25, 0.3) is 11.9 Å². The van der Waals surface area contributed by atoms with Gasteiger partial charge in [-0.05, 0) is 38.5 Å². The van der Waals surface area contributed by atoms with Crippen LogP contribution in [0.2, 0.25) is 0 Å². The fourth-order valence-electron chi connectivity index (χ4n) is 3.60. The van der Waals surface area contributed by atoms with Crippen molar-refractivity contribution in [2.45, 2.75) is 44.1 Å². The van der Waals surface area contributed by atoms with E-state index in [0.29, 0.717) is 38.5 Å². The van der Waals surface area contributed by atoms with Crippen LogP contribution < -0.4 is 4.74 Å². The molecule has 0 amide bonds. The third kappa shape index (κ3) is 2.44. The molecule has 0 aromatic carbocycles. The maximum Gasteiger partial charge on any atom is 0.311 e. The van der Waals surface area contributed by atoms with Crippen molar-refractivity contribution in [2.24, 2.45) is 5.41 Å². The largest absolute Gasteiger partial charge is 0.481 e. The highest BCUT2D eigenvalue weighted by molar-refractivity contribution is 5.77. The number of esters is 1. The zero-order chi connectivity index (χ0) is 16.8. The lowest BCUT2D eigenvalue weighted by molar-refractivity contribution is -0.166. The molecule has 1 aromatic rings. The van der Waals surface area contributed by atoms with Gasteiger partial charge < -0.3 is 9.47 Å². The maximum atomic E-state index is 13.7. The lowest BCUT2D eigenvalue weighted by atomic mass is 9.58. The van der Waals surface area contributed by atoms with Crippen LogP contribution in [0, 0.1) is 28.9 Å². The van der Waals surface area contributed by atoms with Gasteiger partial charge in [0.1, 0.15) is 5.60 Å². The molecule has 0 unspecified atom stereocenters. The van der Waals surface area contributed by atoms with E-state index in [1.54, 1.807) is 0 Å². The van der Waals surface area contributed by atoms with Crippen LogP contribution in [-0.4, -0.2) is 23.7 Å². The molecule has 3 saturated carbocycles. The van der Waals surface area contributed by atoms with Crippen molar-refractivity contribution in [2.75, 3.05) is 7.11 Å². The Hall–Kier alpha value is -1.86. The molecular formula is C15H15F4NO3. The monoisotopic (exact) mass is 333 g/mol. The van der Waals surface area contributed by atoms with E-state index in [4.69, 9.17) is 9.47 Å². The molecule has 4 rings (SSSR count). The number of nitrogens with zero attached hydrogens (tertiary/aromatic N) is 1. The van der Waals surface area contributed by atoms with E-state index < -0.39 is 40.3 Å². The van der Waals surface area contributed by atoms with Crippen molar-refractivity contribution in [3.8, 4) is 5.75 Å². The Bertz CT molecular complexity index is 614. The number of ether oxygens (including phenoxy) is 2. The van der Waals surface area contributed by atoms with Crippen LogP contribution in [0.3, 0.4) is 0 Å². The Labute approximate surface area is 129 Å². The smallest absolute Gasteiger partial charge is 0.311 e. The molecule has 3 fully saturated rings. The molecule has 0 aliphatic heterocycles. The van der Waals surface area contributed by atoms with E-state index in [2.05, 4.69) is 4.98 Å². The second-order valence-corrected chi connectivity index (χ2v) is 6.21. The van der Waals surface area contributed by atoms with E-state index in [1.807, 2.05) is 0 Å². The summed E-state index contributed by atoms with van der Waals surface area (Å²) < 4.78 is 64.1. The minimum atomic E-state index is -1.74. The molecule has 126 valence electrons. The molecule has 0 atom stereocenters. The summed E-state index contributed by atoms with van der Waals surface area (Å²) in [4.78, 5) is 14.4. The van der Waals surface area contributed by atoms with Crippen molar-refractivity contribution in [3.63, 3.8) is 0 Å². The average Bonchev–Trinajstić information content (AvgIpc) is 2.58. The van der Waals surface area contributed by atoms with Crippen LogP contribution in [0.4, 0.5) is 17.6 Å². The molecule has 0 N–H and O–H groups in total. The number of rotatable bonds is 3. The van der Waals surface area contributed by atoms with E-state index in [9.17, 15) is 22.4 Å². The third-order valence-corrected chi connectivity index (χ3v) is 5.07. The highest BCUT2D eigenvalue weighted by atomic mass is 19.2. The predicted octanol–water partition coefficient (Wildman–Crippen LogP) is 3.28. The van der Waals surface area contributed by atoms with Crippen LogP contribution >= 0.6 is 0 Å². The first kappa shape index (κ1) is 16.0. The first-order chi connectivity index (χ1) is 10.8. The second kappa shape index (κ2) is 5.35. The second-order valence-electron chi connectivity index (χ2n) is 6.21. The number of pyridine rings is 1. The standard InChI is InChI=1S/C15H15F4NO3/c1-22-13(21)14-2-5-15(6-3-14,7-4-14)23-10-8(16)11(18)20-12(19)9(10)17/h2-7H2,1H3. The van der Waals surface area contributed by atoms with Crippen LogP contribution in [0.5, 0.6) is 5.75 Å². The Morgan fingerprint density at radius 2 is 1.43 bits per heavy atom. The molecule has 1 heterocycles. The van der Waals surface area contributed by atoms with Gasteiger partial charge >= 0.3 is 5.97 Å². The molecule has 0 spiro atoms. The summed E-state index contributed by atoms with van der Waals surface area (Å²) in [6, 6.07) is 0. The number of hydrogen-bond acceptors (Lipinski definition) is 4. The van der Waals surface area contributed by atoms with Crippen molar-refractivity contribution >= 4 is 5.97 Å². The fraction of sp³-hybridized carbons (Fsp3) is 0.600. The van der Waals surface area contributed by atoms with E-state index in [-0.39, 0.29) is 5.97 Å². The van der Waals surface area contributed by atoms with Crippen molar-refractivity contribution in [3.05, 3.63) is 23.5 Å². The van der Waals surface area contributed by atoms with Crippen LogP contribution in [0.25, 0.3) is 0 Å². The number of hydrogen-bond donors (Lipinski definition) is 0. The van der Waals surface area contributed by atoms with Gasteiger partial charge in [0, 0.05) is 0 Å². The van der Waals surface area contributed by atoms with E-state index in [1.165, 1.54) is 7.11 Å². The maximum absolute atomic E-state index is 13.7. The first-order valence-electron chi connectivity index (χ1n) is 7.30. The number of halogens is 4. The average molecular weight is 333 g/mol. The zero-order valence-electron chi connectivity index (χ0n) is 12.4. The van der Waals surface area contributed by atoms with Gasteiger partial charge in [-0.1, -0.05) is 0 Å². The topological polar surface area (TPSA) is 48.4 Å². The molecule has 0 radical (unpaired) electrons. The lowest BCUT2D eigenvalue weighted by Crippen LogP contribution is -2.53. The predicted molar refractivity (Wildman–Crippen MR) is 69.6 cm³/mol. The fourth-order valence-corrected chi connectivity index (χ4v) is 3.60. The van der Waals surface area contributed by atoms with Crippen molar-refractivity contribution in [1.82, 2.24) is 4.98 Å². The van der Waals surface area contributed by atoms with Gasteiger partial charge in [-0.25, -0.2) is 0 Å². The normalized spacial score (nSPS) is 29.4. The molecule has 3 aliphatic rings. The number of carbonyl (C=O) groups excluding carboxylic acids is 1. The van der Waals surface area contributed by atoms with Crippen LogP contribution in [0.15, 0.2) is 0 Å². The Morgan fingerprint density at radius 3 is 1.87 bits per heavy atom. The molecule has 3 aliphatic carbocycles. The van der Waals surface area contributed by atoms with Gasteiger partial charge in [-0.2, -0.15) is 22.5 Å². The summed E-state index contributed by atoms with van der Waals surface area (Å²) in [6.45, 7) is 0. The molecule has 2 bridgehead atoms. The van der Waals surface area contributed by atoms with Crippen molar-refractivity contribution < 1.29 is 31.8 Å². The number of aromatic nitrogens is 1. The summed E-state index contributed by atoms with van der Waals surface area (Å²) in [5.41, 5.74) is -1.52. The van der Waals surface area contributed by atoms with Gasteiger partial charge in [0.2, 0.25) is 17.4 Å². The first-order valence-corrected chi connectivity index (χ1v) is 7.30. The van der Waals surface area contributed by atoms with E-state index in [0.717, 1.165) is 0 Å². The van der Waals surface area contributed by atoms with Gasteiger partial charge in [-0.3, -0.25) is 4.79 Å². The highest BCUT2D eigenvalue weighted by Crippen LogP contribution is 2.54. The minimum Gasteiger partial charge on any atom is -0.481 e. The van der Waals surface area contributed by atoms with E-state index >= 15 is 0 Å². The SMILES string of the molecule is COC(=O)C12CCC(Oc3c(F)c(F)nc(F)c3F)(CC1)CC2. The van der Waals surface area contributed by atoms with Crippen molar-refractivity contribution in [1.29, 1.82) is 0 Å². The summed E-state index contributed by atoms with van der Waals surface area (Å²) in [7, 11) is 1.32. The molecule has 0 saturated heterocycles. The Morgan fingerprint density at radius 1 is 0.957 bits per heavy atom. The van der Waals surface area contributed by atoms with Gasteiger partial charge in [-0.15, -0.1) is 0 Å². The highest BCUT2D eigenvalue weighted by Gasteiger charge is 2.55. The lowest BCUT2D eigenvalue weighted by Gasteiger charge is -2.51. The summed E-state index contributed by atoms with van der Waals surface area (Å²) in [6.07, 6.45) is 2.39. The number of fused-ring (bicyclic) bond motifs is 3. The Balaban J connectivity index is 1.86. The zero-order valence-corrected chi connectivity index (χ0v) is 12.4. The summed E-state index contributed by atoms with van der Waals surface area (Å²) in [5, 5.41) is 0. The molecule has 8 heteroatoms. The number of carbonyl (C=O) groups is 1. The number of methoxy groups -OCH3 is 1. The van der Waals surface area contributed by atoms with Crippen LogP contribution in [-0.2, 0) is 9.53 Å². The minimum absolute atomic E-state index is 0.302. The Kier molecular flexibility index (Phi) is 3.72. The third-order valence-electron chi connectivity index (χ3n) is 5.07. The molecule has 23 heavy (non-hydrogen) atoms. The van der Waals surface area contributed by atoms with Gasteiger partial charge in [0.05, 0.1) is 12.5 Å². The van der Waals surface area contributed by atoms with Crippen LogP contribution in [0.1, 0.15) is 38.5 Å². The summed E-state index contributed by atoms with van der Waals surface area (Å²) >= 11 is 0. The quantitative estimate of drug-likeness (QED) is 0.484. The molecule has 1 aromatic heterocycles. The van der Waals surface area contributed by atoms with Gasteiger partial charge in [0.15, 0.2) is 0 Å². The molecular weight excluding hydrogens is 318 g/mol. The summed E-state index contributed by atoms with van der Waals surface area (Å²) in [5.74, 6) is -8.16.